The summed E-state index contributed by atoms with van der Waals surface area (Å²) < 4.78 is 30.7. The minimum atomic E-state index is -3.02. The van der Waals surface area contributed by atoms with Crippen LogP contribution in [0.15, 0.2) is 36.5 Å². The molecule has 0 spiro atoms. The summed E-state index contributed by atoms with van der Waals surface area (Å²) in [4.78, 5) is 46.8. The molecule has 0 aliphatic carbocycles. The van der Waals surface area contributed by atoms with Gasteiger partial charge in [0.1, 0.15) is 11.7 Å². The van der Waals surface area contributed by atoms with Crippen LogP contribution in [-0.4, -0.2) is 61.5 Å². The molecule has 0 unspecified atom stereocenters. The van der Waals surface area contributed by atoms with Gasteiger partial charge in [-0.05, 0) is 37.6 Å². The molecule has 3 atom stereocenters. The van der Waals surface area contributed by atoms with Crippen molar-refractivity contribution < 1.29 is 27.9 Å². The Morgan fingerprint density at radius 1 is 1.18 bits per heavy atom. The van der Waals surface area contributed by atoms with Gasteiger partial charge in [-0.25, -0.2) is 9.67 Å². The summed E-state index contributed by atoms with van der Waals surface area (Å²) in [5.74, 6) is -1.66. The standard InChI is InChI=1S/C26H24Cl2F2N6O4/c1-12-7-19-16(10-34(12)24(38)14-3-5-17(27)18(28)8-14)22-25(39)35(11-20(23(31)37)36(22)33-19)13(2)15-4-6-21(32-9-15)40-26(29)30/h3-6,8-9,12-13,20,26H,7,10-11H2,1-2H3,(H2,31,37)/t12-,13+,20+/m1/s1. The third-order valence-corrected chi connectivity index (χ3v) is 7.98. The zero-order valence-electron chi connectivity index (χ0n) is 21.4. The lowest BCUT2D eigenvalue weighted by atomic mass is 9.96. The highest BCUT2D eigenvalue weighted by atomic mass is 35.5. The molecule has 0 radical (unpaired) electrons. The molecule has 14 heteroatoms. The predicted molar refractivity (Wildman–Crippen MR) is 140 cm³/mol. The second-order valence-electron chi connectivity index (χ2n) is 9.69. The molecule has 3 amide bonds. The van der Waals surface area contributed by atoms with Crippen LogP contribution in [0.1, 0.15) is 63.6 Å². The van der Waals surface area contributed by atoms with Gasteiger partial charge in [0.15, 0.2) is 0 Å². The smallest absolute Gasteiger partial charge is 0.388 e. The highest BCUT2D eigenvalue weighted by Crippen LogP contribution is 2.36. The number of nitrogens with zero attached hydrogens (tertiary/aromatic N) is 5. The van der Waals surface area contributed by atoms with E-state index in [0.29, 0.717) is 33.8 Å². The summed E-state index contributed by atoms with van der Waals surface area (Å²) in [5.41, 5.74) is 7.90. The molecule has 40 heavy (non-hydrogen) atoms. The molecule has 2 aliphatic rings. The Bertz CT molecular complexity index is 1500. The van der Waals surface area contributed by atoms with Crippen molar-refractivity contribution in [1.82, 2.24) is 24.6 Å². The third-order valence-electron chi connectivity index (χ3n) is 7.24. The van der Waals surface area contributed by atoms with Crippen LogP contribution >= 0.6 is 23.2 Å². The number of hydrogen-bond acceptors (Lipinski definition) is 6. The summed E-state index contributed by atoms with van der Waals surface area (Å²) in [7, 11) is 0. The summed E-state index contributed by atoms with van der Waals surface area (Å²) in [6.45, 7) is 0.590. The number of carbonyl (C=O) groups excluding carboxylic acids is 3. The van der Waals surface area contributed by atoms with Crippen molar-refractivity contribution in [2.24, 2.45) is 5.73 Å². The van der Waals surface area contributed by atoms with Crippen LogP contribution in [0.2, 0.25) is 10.0 Å². The van der Waals surface area contributed by atoms with Crippen LogP contribution in [0.4, 0.5) is 8.78 Å². The second kappa shape index (κ2) is 10.7. The third kappa shape index (κ3) is 4.97. The Kier molecular flexibility index (Phi) is 7.40. The highest BCUT2D eigenvalue weighted by molar-refractivity contribution is 6.42. The number of amides is 3. The van der Waals surface area contributed by atoms with Crippen molar-refractivity contribution in [3.8, 4) is 5.88 Å². The molecule has 2 aromatic heterocycles. The van der Waals surface area contributed by atoms with Gasteiger partial charge in [-0.2, -0.15) is 13.9 Å². The van der Waals surface area contributed by atoms with E-state index in [9.17, 15) is 23.2 Å². The molecule has 10 nitrogen and oxygen atoms in total. The van der Waals surface area contributed by atoms with Gasteiger partial charge >= 0.3 is 6.61 Å². The van der Waals surface area contributed by atoms with Crippen LogP contribution < -0.4 is 10.5 Å². The van der Waals surface area contributed by atoms with E-state index in [2.05, 4.69) is 14.8 Å². The largest absolute Gasteiger partial charge is 0.417 e. The Hall–Kier alpha value is -3.77. The first kappa shape index (κ1) is 27.8. The lowest BCUT2D eigenvalue weighted by Gasteiger charge is -2.37. The molecule has 4 heterocycles. The normalized spacial score (nSPS) is 19.3. The maximum Gasteiger partial charge on any atom is 0.388 e. The SMILES string of the molecule is C[C@@H]1Cc2nn3c(c2CN1C(=O)c1ccc(Cl)c(Cl)c1)C(=O)N([C@@H](C)c1ccc(OC(F)F)nc1)C[C@H]3C(N)=O. The van der Waals surface area contributed by atoms with Crippen molar-refractivity contribution in [1.29, 1.82) is 0 Å². The number of fused-ring (bicyclic) bond motifs is 3. The van der Waals surface area contributed by atoms with Gasteiger partial charge in [0, 0.05) is 35.9 Å². The van der Waals surface area contributed by atoms with E-state index in [0.717, 1.165) is 0 Å². The molecule has 0 fully saturated rings. The van der Waals surface area contributed by atoms with Crippen molar-refractivity contribution in [3.63, 3.8) is 0 Å². The first-order valence-corrected chi connectivity index (χ1v) is 13.1. The summed E-state index contributed by atoms with van der Waals surface area (Å²) in [6, 6.07) is 5.59. The number of ether oxygens (including phenoxy) is 1. The zero-order chi connectivity index (χ0) is 28.9. The van der Waals surface area contributed by atoms with E-state index in [1.54, 1.807) is 24.0 Å². The highest BCUT2D eigenvalue weighted by Gasteiger charge is 2.43. The monoisotopic (exact) mass is 592 g/mol. The van der Waals surface area contributed by atoms with E-state index < -0.39 is 30.5 Å². The molecule has 0 bridgehead atoms. The minimum Gasteiger partial charge on any atom is -0.417 e. The predicted octanol–water partition coefficient (Wildman–Crippen LogP) is 4.02. The van der Waals surface area contributed by atoms with Crippen molar-refractivity contribution >= 4 is 40.9 Å². The number of pyridine rings is 1. The number of rotatable bonds is 6. The van der Waals surface area contributed by atoms with Gasteiger partial charge in [-0.3, -0.25) is 14.4 Å². The Morgan fingerprint density at radius 3 is 2.55 bits per heavy atom. The molecule has 0 saturated carbocycles. The van der Waals surface area contributed by atoms with Gasteiger partial charge in [-0.1, -0.05) is 29.3 Å². The van der Waals surface area contributed by atoms with E-state index in [4.69, 9.17) is 28.9 Å². The van der Waals surface area contributed by atoms with Gasteiger partial charge in [0.2, 0.25) is 11.8 Å². The Labute approximate surface area is 237 Å². The first-order valence-electron chi connectivity index (χ1n) is 12.3. The van der Waals surface area contributed by atoms with E-state index in [-0.39, 0.29) is 41.6 Å². The molecule has 0 saturated heterocycles. The number of benzene rings is 1. The number of carbonyl (C=O) groups is 3. The van der Waals surface area contributed by atoms with Crippen molar-refractivity contribution in [2.45, 2.75) is 51.6 Å². The average molecular weight is 593 g/mol. The fourth-order valence-corrected chi connectivity index (χ4v) is 5.39. The second-order valence-corrected chi connectivity index (χ2v) is 10.5. The number of primary amides is 1. The van der Waals surface area contributed by atoms with E-state index in [1.165, 1.54) is 34.0 Å². The fraction of sp³-hybridized carbons (Fsp3) is 0.346. The molecular formula is C26H24Cl2F2N6O4. The average Bonchev–Trinajstić information content (AvgIpc) is 3.27. The topological polar surface area (TPSA) is 124 Å². The lowest BCUT2D eigenvalue weighted by molar-refractivity contribution is -0.122. The van der Waals surface area contributed by atoms with Crippen molar-refractivity contribution in [2.75, 3.05) is 6.54 Å². The van der Waals surface area contributed by atoms with Crippen molar-refractivity contribution in [3.05, 3.63) is 74.7 Å². The Balaban J connectivity index is 1.48. The summed E-state index contributed by atoms with van der Waals surface area (Å²) in [6.07, 6.45) is 1.68. The minimum absolute atomic E-state index is 0.0559. The number of alkyl halides is 2. The number of halogens is 4. The van der Waals surface area contributed by atoms with Gasteiger partial charge in [0.05, 0.1) is 34.9 Å². The molecule has 2 aliphatic heterocycles. The first-order chi connectivity index (χ1) is 19.0. The van der Waals surface area contributed by atoms with Crippen LogP contribution in [0.3, 0.4) is 0 Å². The zero-order valence-corrected chi connectivity index (χ0v) is 22.9. The molecule has 3 aromatic rings. The van der Waals surface area contributed by atoms with Crippen LogP contribution in [0.5, 0.6) is 5.88 Å². The summed E-state index contributed by atoms with van der Waals surface area (Å²) in [5, 5.41) is 5.15. The number of hydrogen-bond donors (Lipinski definition) is 1. The fourth-order valence-electron chi connectivity index (χ4n) is 5.09. The lowest BCUT2D eigenvalue weighted by Crippen LogP contribution is -2.49. The Morgan fingerprint density at radius 2 is 1.93 bits per heavy atom. The van der Waals surface area contributed by atoms with Gasteiger partial charge in [-0.15, -0.1) is 0 Å². The molecule has 2 N–H and O–H groups in total. The maximum absolute atomic E-state index is 13.9. The number of aromatic nitrogens is 3. The molecular weight excluding hydrogens is 569 g/mol. The van der Waals surface area contributed by atoms with Gasteiger partial charge in [0.25, 0.3) is 11.8 Å². The summed E-state index contributed by atoms with van der Waals surface area (Å²) >= 11 is 12.1. The van der Waals surface area contributed by atoms with E-state index >= 15 is 0 Å². The quantitative estimate of drug-likeness (QED) is 0.461. The number of nitrogens with two attached hydrogens (primary N) is 1. The van der Waals surface area contributed by atoms with E-state index in [1.807, 2.05) is 6.92 Å². The molecule has 1 aromatic carbocycles. The molecule has 5 rings (SSSR count). The van der Waals surface area contributed by atoms with Crippen LogP contribution in [-0.2, 0) is 17.8 Å². The van der Waals surface area contributed by atoms with Crippen LogP contribution in [0.25, 0.3) is 0 Å². The maximum atomic E-state index is 13.9. The van der Waals surface area contributed by atoms with Crippen LogP contribution in [0, 0.1) is 0 Å². The molecule has 210 valence electrons. The van der Waals surface area contributed by atoms with Gasteiger partial charge < -0.3 is 20.3 Å².